The van der Waals surface area contributed by atoms with Crippen LogP contribution in [0, 0.1) is 0 Å². The molecule has 1 aliphatic rings. The highest BCUT2D eigenvalue weighted by Gasteiger charge is 2.26. The van der Waals surface area contributed by atoms with Gasteiger partial charge in [0, 0.05) is 21.7 Å². The van der Waals surface area contributed by atoms with Crippen LogP contribution < -0.4 is 20.1 Å². The van der Waals surface area contributed by atoms with Crippen molar-refractivity contribution in [2.45, 2.75) is 6.61 Å². The van der Waals surface area contributed by atoms with Crippen molar-refractivity contribution >= 4 is 51.2 Å². The smallest absolute Gasteiger partial charge is 0.263 e. The van der Waals surface area contributed by atoms with Gasteiger partial charge in [-0.15, -0.1) is 0 Å². The van der Waals surface area contributed by atoms with E-state index in [1.54, 1.807) is 25.3 Å². The lowest BCUT2D eigenvalue weighted by molar-refractivity contribution is -0.123. The maximum atomic E-state index is 12.1. The van der Waals surface area contributed by atoms with Crippen LogP contribution in [0.1, 0.15) is 11.1 Å². The summed E-state index contributed by atoms with van der Waals surface area (Å²) in [6, 6.07) is 12.8. The number of ether oxygens (including phenoxy) is 2. The molecule has 138 valence electrons. The van der Waals surface area contributed by atoms with E-state index in [9.17, 15) is 9.59 Å². The number of halogens is 1. The summed E-state index contributed by atoms with van der Waals surface area (Å²) in [5.41, 5.74) is 1.47. The fourth-order valence-corrected chi connectivity index (χ4v) is 3.00. The number of nitrogens with one attached hydrogen (secondary N) is 2. The molecular formula is C19H15BrN2O4S. The number of methoxy groups -OCH3 is 1. The zero-order valence-corrected chi connectivity index (χ0v) is 16.6. The van der Waals surface area contributed by atoms with E-state index in [1.165, 1.54) is 6.08 Å². The van der Waals surface area contributed by atoms with E-state index in [0.717, 1.165) is 10.0 Å². The maximum Gasteiger partial charge on any atom is 0.263 e. The maximum absolute atomic E-state index is 12.1. The molecule has 8 heteroatoms. The molecule has 2 amide bonds. The molecule has 0 saturated carbocycles. The van der Waals surface area contributed by atoms with Crippen LogP contribution >= 0.6 is 28.1 Å². The normalized spacial score (nSPS) is 13.7. The van der Waals surface area contributed by atoms with Gasteiger partial charge >= 0.3 is 0 Å². The minimum atomic E-state index is -0.559. The van der Waals surface area contributed by atoms with Crippen LogP contribution in [-0.4, -0.2) is 24.0 Å². The van der Waals surface area contributed by atoms with Crippen LogP contribution in [-0.2, 0) is 16.2 Å². The van der Waals surface area contributed by atoms with Gasteiger partial charge in [-0.2, -0.15) is 0 Å². The molecule has 2 N–H and O–H groups in total. The van der Waals surface area contributed by atoms with E-state index in [1.807, 2.05) is 24.3 Å². The number of carbonyl (C=O) groups is 2. The van der Waals surface area contributed by atoms with E-state index in [2.05, 4.69) is 26.6 Å². The van der Waals surface area contributed by atoms with Gasteiger partial charge in [0.25, 0.3) is 11.8 Å². The highest BCUT2D eigenvalue weighted by Crippen LogP contribution is 2.29. The Kier molecular flexibility index (Phi) is 5.88. The lowest BCUT2D eigenvalue weighted by atomic mass is 10.1. The molecule has 27 heavy (non-hydrogen) atoms. The van der Waals surface area contributed by atoms with Gasteiger partial charge in [0.2, 0.25) is 0 Å². The van der Waals surface area contributed by atoms with Crippen LogP contribution in [0.3, 0.4) is 0 Å². The summed E-state index contributed by atoms with van der Waals surface area (Å²) < 4.78 is 12.1. The molecule has 0 unspecified atom stereocenters. The lowest BCUT2D eigenvalue weighted by Gasteiger charge is -2.17. The quantitative estimate of drug-likeness (QED) is 0.419. The Bertz CT molecular complexity index is 936. The van der Waals surface area contributed by atoms with Gasteiger partial charge in [0.1, 0.15) is 23.7 Å². The fourth-order valence-electron chi connectivity index (χ4n) is 2.42. The minimum absolute atomic E-state index is 0.0118. The molecular weight excluding hydrogens is 432 g/mol. The van der Waals surface area contributed by atoms with Crippen molar-refractivity contribution in [1.82, 2.24) is 10.6 Å². The SMILES string of the molecule is COc1ccc(C=C2C(=O)NC(=S)NC2=O)c(OCc2ccccc2Br)c1. The average Bonchev–Trinajstić information content (AvgIpc) is 2.64. The van der Waals surface area contributed by atoms with Crippen molar-refractivity contribution in [3.8, 4) is 11.5 Å². The molecule has 1 aliphatic heterocycles. The van der Waals surface area contributed by atoms with E-state index >= 15 is 0 Å². The molecule has 1 fully saturated rings. The van der Waals surface area contributed by atoms with E-state index in [4.69, 9.17) is 21.7 Å². The van der Waals surface area contributed by atoms with E-state index in [0.29, 0.717) is 23.7 Å². The Morgan fingerprint density at radius 2 is 1.81 bits per heavy atom. The minimum Gasteiger partial charge on any atom is -0.497 e. The van der Waals surface area contributed by atoms with Crippen LogP contribution in [0.4, 0.5) is 0 Å². The number of carbonyl (C=O) groups excluding carboxylic acids is 2. The summed E-state index contributed by atoms with van der Waals surface area (Å²) in [5, 5.41) is 4.80. The summed E-state index contributed by atoms with van der Waals surface area (Å²) in [4.78, 5) is 24.2. The van der Waals surface area contributed by atoms with Gasteiger partial charge in [-0.3, -0.25) is 20.2 Å². The van der Waals surface area contributed by atoms with E-state index < -0.39 is 11.8 Å². The molecule has 0 atom stereocenters. The zero-order valence-electron chi connectivity index (χ0n) is 14.2. The molecule has 1 heterocycles. The predicted octanol–water partition coefficient (Wildman–Crippen LogP) is 2.95. The molecule has 1 saturated heterocycles. The second-order valence-corrected chi connectivity index (χ2v) is 6.84. The first-order valence-electron chi connectivity index (χ1n) is 7.90. The predicted molar refractivity (Wildman–Crippen MR) is 108 cm³/mol. The van der Waals surface area contributed by atoms with Crippen molar-refractivity contribution in [2.24, 2.45) is 0 Å². The lowest BCUT2D eigenvalue weighted by Crippen LogP contribution is -2.51. The third kappa shape index (κ3) is 4.53. The Hall–Kier alpha value is -2.71. The fraction of sp³-hybridized carbons (Fsp3) is 0.105. The number of rotatable bonds is 5. The first kappa shape index (κ1) is 19.1. The summed E-state index contributed by atoms with van der Waals surface area (Å²) >= 11 is 8.29. The number of benzene rings is 2. The Morgan fingerprint density at radius 1 is 1.11 bits per heavy atom. The van der Waals surface area contributed by atoms with Crippen molar-refractivity contribution in [2.75, 3.05) is 7.11 Å². The van der Waals surface area contributed by atoms with Gasteiger partial charge in [-0.05, 0) is 36.5 Å². The molecule has 6 nitrogen and oxygen atoms in total. The van der Waals surface area contributed by atoms with Crippen LogP contribution in [0.2, 0.25) is 0 Å². The molecule has 0 radical (unpaired) electrons. The second kappa shape index (κ2) is 8.32. The number of hydrogen-bond acceptors (Lipinski definition) is 5. The van der Waals surface area contributed by atoms with Gasteiger partial charge in [0.05, 0.1) is 7.11 Å². The molecule has 0 aliphatic carbocycles. The first-order valence-corrected chi connectivity index (χ1v) is 9.10. The van der Waals surface area contributed by atoms with Crippen molar-refractivity contribution < 1.29 is 19.1 Å². The highest BCUT2D eigenvalue weighted by atomic mass is 79.9. The molecule has 0 aromatic heterocycles. The molecule has 2 aromatic carbocycles. The molecule has 0 bridgehead atoms. The standard InChI is InChI=1S/C19H15BrN2O4S/c1-25-13-7-6-11(8-14-17(23)21-19(27)22-18(14)24)16(9-13)26-10-12-4-2-3-5-15(12)20/h2-9H,10H2,1H3,(H2,21,22,23,24,27). The van der Waals surface area contributed by atoms with Crippen molar-refractivity contribution in [3.63, 3.8) is 0 Å². The third-order valence-electron chi connectivity index (χ3n) is 3.80. The van der Waals surface area contributed by atoms with E-state index in [-0.39, 0.29) is 10.7 Å². The Labute approximate surface area is 169 Å². The highest BCUT2D eigenvalue weighted by molar-refractivity contribution is 9.10. The number of thiocarbonyl (C=S) groups is 1. The summed E-state index contributed by atoms with van der Waals surface area (Å²) in [6.07, 6.45) is 1.46. The first-order chi connectivity index (χ1) is 13.0. The zero-order chi connectivity index (χ0) is 19.4. The van der Waals surface area contributed by atoms with Gasteiger partial charge < -0.3 is 9.47 Å². The summed E-state index contributed by atoms with van der Waals surface area (Å²) in [6.45, 7) is 0.299. The second-order valence-electron chi connectivity index (χ2n) is 5.58. The van der Waals surface area contributed by atoms with Crippen LogP contribution in [0.25, 0.3) is 6.08 Å². The molecule has 2 aromatic rings. The largest absolute Gasteiger partial charge is 0.497 e. The van der Waals surface area contributed by atoms with Crippen molar-refractivity contribution in [1.29, 1.82) is 0 Å². The molecule has 3 rings (SSSR count). The van der Waals surface area contributed by atoms with Gasteiger partial charge in [-0.25, -0.2) is 0 Å². The Morgan fingerprint density at radius 3 is 2.48 bits per heavy atom. The van der Waals surface area contributed by atoms with Crippen LogP contribution in [0.15, 0.2) is 52.5 Å². The van der Waals surface area contributed by atoms with Crippen LogP contribution in [0.5, 0.6) is 11.5 Å². The van der Waals surface area contributed by atoms with Gasteiger partial charge in [0.15, 0.2) is 5.11 Å². The van der Waals surface area contributed by atoms with Gasteiger partial charge in [-0.1, -0.05) is 34.1 Å². The Balaban J connectivity index is 1.92. The number of amides is 2. The number of hydrogen-bond donors (Lipinski definition) is 2. The third-order valence-corrected chi connectivity index (χ3v) is 4.78. The monoisotopic (exact) mass is 446 g/mol. The summed E-state index contributed by atoms with van der Waals surface area (Å²) in [7, 11) is 1.55. The average molecular weight is 447 g/mol. The molecule has 0 spiro atoms. The topological polar surface area (TPSA) is 76.7 Å². The van der Waals surface area contributed by atoms with Crippen molar-refractivity contribution in [3.05, 3.63) is 63.6 Å². The summed E-state index contributed by atoms with van der Waals surface area (Å²) in [5.74, 6) is -0.0444.